The van der Waals surface area contributed by atoms with Crippen LogP contribution in [0.5, 0.6) is 5.88 Å². The third-order valence-corrected chi connectivity index (χ3v) is 7.70. The van der Waals surface area contributed by atoms with Gasteiger partial charge in [0.05, 0.1) is 46.2 Å². The number of ether oxygens (including phenoxy) is 1. The minimum absolute atomic E-state index is 0.354. The second-order valence-electron chi connectivity index (χ2n) is 9.48. The molecule has 0 aliphatic carbocycles. The van der Waals surface area contributed by atoms with Crippen molar-refractivity contribution in [1.82, 2.24) is 29.8 Å². The molecule has 0 spiro atoms. The lowest BCUT2D eigenvalue weighted by Crippen LogP contribution is -2.49. The molecule has 1 fully saturated rings. The number of aromatic nitrogens is 5. The molecule has 206 valence electrons. The van der Waals surface area contributed by atoms with Crippen molar-refractivity contribution in [3.05, 3.63) is 83.0 Å². The van der Waals surface area contributed by atoms with Crippen LogP contribution >= 0.6 is 23.2 Å². The lowest BCUT2D eigenvalue weighted by atomic mass is 10.00. The highest BCUT2D eigenvalue weighted by atomic mass is 35.5. The number of nitrogens with zero attached hydrogens (tertiary/aromatic N) is 6. The van der Waals surface area contributed by atoms with Crippen LogP contribution in [0.2, 0.25) is 10.0 Å². The average Bonchev–Trinajstić information content (AvgIpc) is 2.96. The van der Waals surface area contributed by atoms with Crippen LogP contribution < -0.4 is 10.1 Å². The minimum Gasteiger partial charge on any atom is -0.481 e. The summed E-state index contributed by atoms with van der Waals surface area (Å²) in [6.07, 6.45) is 6.55. The molecule has 1 aliphatic rings. The first-order valence-electron chi connectivity index (χ1n) is 12.7. The van der Waals surface area contributed by atoms with Crippen LogP contribution in [0.3, 0.4) is 0 Å². The van der Waals surface area contributed by atoms with Crippen molar-refractivity contribution in [2.24, 2.45) is 5.92 Å². The van der Waals surface area contributed by atoms with Crippen molar-refractivity contribution in [1.29, 1.82) is 0 Å². The Kier molecular flexibility index (Phi) is 7.36. The molecule has 2 aromatic carbocycles. The Balaban J connectivity index is 1.30. The molecule has 5 aromatic rings. The zero-order valence-electron chi connectivity index (χ0n) is 21.8. The van der Waals surface area contributed by atoms with Crippen molar-refractivity contribution in [3.63, 3.8) is 0 Å². The van der Waals surface area contributed by atoms with Crippen LogP contribution in [0.15, 0.2) is 67.3 Å². The number of aliphatic carboxylic acids is 1. The van der Waals surface area contributed by atoms with Gasteiger partial charge in [0.1, 0.15) is 11.2 Å². The fourth-order valence-electron chi connectivity index (χ4n) is 4.76. The third kappa shape index (κ3) is 5.24. The largest absolute Gasteiger partial charge is 0.481 e. The van der Waals surface area contributed by atoms with E-state index in [1.165, 1.54) is 7.11 Å². The number of halogens is 2. The van der Waals surface area contributed by atoms with E-state index in [1.54, 1.807) is 30.9 Å². The summed E-state index contributed by atoms with van der Waals surface area (Å²) < 4.78 is 5.52. The normalized spacial score (nSPS) is 13.6. The lowest BCUT2D eigenvalue weighted by molar-refractivity contribution is -0.147. The number of anilines is 2. The molecule has 2 N–H and O–H groups in total. The molecule has 41 heavy (non-hydrogen) atoms. The fourth-order valence-corrected chi connectivity index (χ4v) is 5.36. The van der Waals surface area contributed by atoms with Crippen LogP contribution in [-0.4, -0.2) is 61.1 Å². The zero-order valence-corrected chi connectivity index (χ0v) is 23.3. The number of benzene rings is 2. The summed E-state index contributed by atoms with van der Waals surface area (Å²) in [7, 11) is 1.53. The SMILES string of the molecule is COc1nc(-c2cccc(-c3cccc(Nc4nccc5nccnc45)c3Cl)c2Cl)cnc1CN1CC(C(=O)O)C1. The van der Waals surface area contributed by atoms with Gasteiger partial charge in [-0.1, -0.05) is 53.5 Å². The number of rotatable bonds is 8. The first-order chi connectivity index (χ1) is 19.9. The molecule has 4 heterocycles. The van der Waals surface area contributed by atoms with E-state index in [0.717, 1.165) is 5.56 Å². The Hall–Kier alpha value is -4.38. The van der Waals surface area contributed by atoms with E-state index in [2.05, 4.69) is 30.2 Å². The Labute approximate surface area is 245 Å². The Morgan fingerprint density at radius 1 is 0.976 bits per heavy atom. The van der Waals surface area contributed by atoms with Crippen molar-refractivity contribution in [3.8, 4) is 28.3 Å². The zero-order chi connectivity index (χ0) is 28.5. The second kappa shape index (κ2) is 11.2. The molecule has 1 aliphatic heterocycles. The number of nitrogens with one attached hydrogen (secondary N) is 1. The number of likely N-dealkylation sites (tertiary alicyclic amines) is 1. The van der Waals surface area contributed by atoms with Crippen LogP contribution in [0.1, 0.15) is 5.69 Å². The molecule has 0 amide bonds. The number of pyridine rings is 1. The number of carboxylic acids is 1. The Morgan fingerprint density at radius 3 is 2.49 bits per heavy atom. The van der Waals surface area contributed by atoms with Gasteiger partial charge in [-0.2, -0.15) is 0 Å². The van der Waals surface area contributed by atoms with Gasteiger partial charge in [-0.25, -0.2) is 15.0 Å². The van der Waals surface area contributed by atoms with E-state index >= 15 is 0 Å². The number of carboxylic acid groups (broad SMARTS) is 1. The van der Waals surface area contributed by atoms with E-state index in [-0.39, 0.29) is 5.92 Å². The van der Waals surface area contributed by atoms with Crippen molar-refractivity contribution in [2.75, 3.05) is 25.5 Å². The van der Waals surface area contributed by atoms with E-state index in [1.807, 2.05) is 41.3 Å². The molecule has 6 rings (SSSR count). The highest BCUT2D eigenvalue weighted by molar-refractivity contribution is 6.39. The summed E-state index contributed by atoms with van der Waals surface area (Å²) in [4.78, 5) is 35.5. The van der Waals surface area contributed by atoms with Crippen LogP contribution in [0.4, 0.5) is 11.5 Å². The van der Waals surface area contributed by atoms with Gasteiger partial charge in [0.15, 0.2) is 5.82 Å². The van der Waals surface area contributed by atoms with E-state index in [9.17, 15) is 4.79 Å². The maximum absolute atomic E-state index is 11.1. The molecule has 0 bridgehead atoms. The number of methoxy groups -OCH3 is 1. The monoisotopic (exact) mass is 587 g/mol. The number of hydrogen-bond donors (Lipinski definition) is 2. The Bertz CT molecular complexity index is 1770. The van der Waals surface area contributed by atoms with Gasteiger partial charge in [-0.3, -0.25) is 19.7 Å². The van der Waals surface area contributed by atoms with Gasteiger partial charge in [0, 0.05) is 54.9 Å². The van der Waals surface area contributed by atoms with Crippen LogP contribution in [0.25, 0.3) is 33.4 Å². The molecule has 0 saturated carbocycles. The van der Waals surface area contributed by atoms with E-state index < -0.39 is 5.97 Å². The maximum atomic E-state index is 11.1. The minimum atomic E-state index is -0.787. The highest BCUT2D eigenvalue weighted by Gasteiger charge is 2.33. The van der Waals surface area contributed by atoms with Crippen molar-refractivity contribution >= 4 is 51.7 Å². The average molecular weight is 588 g/mol. The van der Waals surface area contributed by atoms with Gasteiger partial charge in [-0.15, -0.1) is 0 Å². The van der Waals surface area contributed by atoms with Crippen molar-refractivity contribution in [2.45, 2.75) is 6.54 Å². The van der Waals surface area contributed by atoms with Gasteiger partial charge in [0.25, 0.3) is 0 Å². The first kappa shape index (κ1) is 26.8. The maximum Gasteiger partial charge on any atom is 0.309 e. The molecule has 3 aromatic heterocycles. The fraction of sp³-hybridized carbons (Fsp3) is 0.172. The summed E-state index contributed by atoms with van der Waals surface area (Å²) in [5.74, 6) is -0.247. The molecule has 0 atom stereocenters. The predicted molar refractivity (Wildman–Crippen MR) is 156 cm³/mol. The molecule has 1 saturated heterocycles. The summed E-state index contributed by atoms with van der Waals surface area (Å²) >= 11 is 13.9. The molecular formula is C29H23Cl2N7O3. The smallest absolute Gasteiger partial charge is 0.309 e. The summed E-state index contributed by atoms with van der Waals surface area (Å²) in [6.45, 7) is 1.38. The van der Waals surface area contributed by atoms with Crippen LogP contribution in [-0.2, 0) is 11.3 Å². The van der Waals surface area contributed by atoms with Crippen molar-refractivity contribution < 1.29 is 14.6 Å². The van der Waals surface area contributed by atoms with E-state index in [4.69, 9.17) is 33.0 Å². The summed E-state index contributed by atoms with van der Waals surface area (Å²) in [5, 5.41) is 13.3. The molecule has 12 heteroatoms. The number of carbonyl (C=O) groups is 1. The molecule has 10 nitrogen and oxygen atoms in total. The highest BCUT2D eigenvalue weighted by Crippen LogP contribution is 2.42. The van der Waals surface area contributed by atoms with Crippen LogP contribution in [0, 0.1) is 5.92 Å². The Morgan fingerprint density at radius 2 is 1.71 bits per heavy atom. The van der Waals surface area contributed by atoms with Gasteiger partial charge in [-0.05, 0) is 12.1 Å². The van der Waals surface area contributed by atoms with E-state index in [0.29, 0.717) is 80.6 Å². The quantitative estimate of drug-likeness (QED) is 0.232. The topological polar surface area (TPSA) is 126 Å². The summed E-state index contributed by atoms with van der Waals surface area (Å²) in [6, 6.07) is 13.0. The van der Waals surface area contributed by atoms with Gasteiger partial charge >= 0.3 is 5.97 Å². The molecular weight excluding hydrogens is 565 g/mol. The second-order valence-corrected chi connectivity index (χ2v) is 10.2. The third-order valence-electron chi connectivity index (χ3n) is 6.89. The standard InChI is InChI=1S/C29H23Cl2N7O3/c1-41-28-23(15-38-13-16(14-38)29(39)40)35-12-22(37-28)19-6-2-4-17(24(19)30)18-5-3-7-20(25(18)31)36-27-26-21(8-9-34-27)32-10-11-33-26/h2-12,16H,13-15H2,1H3,(H,34,36)(H,39,40). The number of fused-ring (bicyclic) bond motifs is 1. The molecule has 0 unspecified atom stereocenters. The van der Waals surface area contributed by atoms with Gasteiger partial charge in [0.2, 0.25) is 5.88 Å². The summed E-state index contributed by atoms with van der Waals surface area (Å²) in [5.41, 5.74) is 5.24. The van der Waals surface area contributed by atoms with Gasteiger partial charge < -0.3 is 15.2 Å². The first-order valence-corrected chi connectivity index (χ1v) is 13.4. The molecule has 0 radical (unpaired) electrons. The number of hydrogen-bond acceptors (Lipinski definition) is 9. The predicted octanol–water partition coefficient (Wildman–Crippen LogP) is 5.72. The lowest BCUT2D eigenvalue weighted by Gasteiger charge is -2.36.